The Balaban J connectivity index is 1.78. The van der Waals surface area contributed by atoms with Crippen LogP contribution < -0.4 is 5.32 Å². The molecule has 1 aliphatic carbocycles. The van der Waals surface area contributed by atoms with Gasteiger partial charge in [0.1, 0.15) is 16.8 Å². The van der Waals surface area contributed by atoms with Crippen LogP contribution in [-0.4, -0.2) is 27.8 Å². The molecule has 3 rings (SSSR count). The zero-order valence-electron chi connectivity index (χ0n) is 9.64. The summed E-state index contributed by atoms with van der Waals surface area (Å²) >= 11 is 3.32. The molecule has 0 spiro atoms. The van der Waals surface area contributed by atoms with Crippen molar-refractivity contribution in [3.8, 4) is 0 Å². The van der Waals surface area contributed by atoms with Gasteiger partial charge in [-0.1, -0.05) is 24.6 Å². The predicted molar refractivity (Wildman–Crippen MR) is 72.8 cm³/mol. The van der Waals surface area contributed by atoms with Gasteiger partial charge in [-0.25, -0.2) is 15.0 Å². The molecular weight excluding hydrogens is 252 g/mol. The van der Waals surface area contributed by atoms with Gasteiger partial charge in [0.2, 0.25) is 0 Å². The van der Waals surface area contributed by atoms with Gasteiger partial charge in [0.25, 0.3) is 0 Å². The molecule has 0 saturated heterocycles. The van der Waals surface area contributed by atoms with E-state index in [2.05, 4.69) is 20.3 Å². The first-order valence-corrected chi connectivity index (χ1v) is 7.80. The molecule has 1 saturated carbocycles. The molecule has 0 unspecified atom stereocenters. The van der Waals surface area contributed by atoms with Gasteiger partial charge in [0.05, 0.1) is 0 Å². The maximum absolute atomic E-state index is 4.44. The van der Waals surface area contributed by atoms with Gasteiger partial charge in [-0.05, 0) is 18.6 Å². The van der Waals surface area contributed by atoms with Crippen molar-refractivity contribution in [2.75, 3.05) is 18.1 Å². The topological polar surface area (TPSA) is 50.7 Å². The molecule has 1 fully saturated rings. The van der Waals surface area contributed by atoms with Gasteiger partial charge >= 0.3 is 0 Å². The Morgan fingerprint density at radius 3 is 3.12 bits per heavy atom. The van der Waals surface area contributed by atoms with Crippen LogP contribution >= 0.6 is 23.1 Å². The Morgan fingerprint density at radius 2 is 2.35 bits per heavy atom. The summed E-state index contributed by atoms with van der Waals surface area (Å²) in [4.78, 5) is 12.9. The summed E-state index contributed by atoms with van der Waals surface area (Å²) in [5.74, 6) is 1.89. The summed E-state index contributed by atoms with van der Waals surface area (Å²) in [5.41, 5.74) is 0.809. The van der Waals surface area contributed by atoms with Crippen LogP contribution in [0.4, 0.5) is 5.82 Å². The van der Waals surface area contributed by atoms with E-state index < -0.39 is 0 Å². The minimum Gasteiger partial charge on any atom is -0.369 e. The lowest BCUT2D eigenvalue weighted by Crippen LogP contribution is -2.04. The summed E-state index contributed by atoms with van der Waals surface area (Å²) in [6, 6.07) is 0. The van der Waals surface area contributed by atoms with Crippen LogP contribution in [0.1, 0.15) is 19.3 Å². The van der Waals surface area contributed by atoms with Crippen LogP contribution in [0, 0.1) is 5.92 Å². The fourth-order valence-electron chi connectivity index (χ4n) is 1.75. The Bertz CT molecular complexity index is 521. The van der Waals surface area contributed by atoms with Crippen LogP contribution in [0.3, 0.4) is 0 Å². The van der Waals surface area contributed by atoms with E-state index in [0.717, 1.165) is 33.0 Å². The minimum absolute atomic E-state index is 0.809. The van der Waals surface area contributed by atoms with Crippen molar-refractivity contribution < 1.29 is 0 Å². The molecule has 17 heavy (non-hydrogen) atoms. The number of thioether (sulfide) groups is 1. The van der Waals surface area contributed by atoms with Gasteiger partial charge < -0.3 is 5.32 Å². The lowest BCUT2D eigenvalue weighted by Gasteiger charge is -2.04. The third kappa shape index (κ3) is 2.52. The molecule has 1 aliphatic rings. The van der Waals surface area contributed by atoms with Crippen LogP contribution in [0.15, 0.2) is 10.7 Å². The van der Waals surface area contributed by atoms with Gasteiger partial charge in [-0.15, -0.1) is 11.3 Å². The molecule has 2 aromatic rings. The highest BCUT2D eigenvalue weighted by Crippen LogP contribution is 2.33. The number of thiazole rings is 1. The van der Waals surface area contributed by atoms with Gasteiger partial charge in [0.15, 0.2) is 9.99 Å². The first-order chi connectivity index (χ1) is 8.36. The van der Waals surface area contributed by atoms with Crippen LogP contribution in [0.25, 0.3) is 10.3 Å². The molecule has 90 valence electrons. The van der Waals surface area contributed by atoms with Crippen molar-refractivity contribution in [2.45, 2.75) is 23.6 Å². The SMILES string of the molecule is CSc1nc2ncnc(NCCC3CC3)c2s1. The summed E-state index contributed by atoms with van der Waals surface area (Å²) in [6.45, 7) is 1.00. The van der Waals surface area contributed by atoms with E-state index in [0.29, 0.717) is 0 Å². The molecule has 2 aromatic heterocycles. The fraction of sp³-hybridized carbons (Fsp3) is 0.545. The number of anilines is 1. The first-order valence-electron chi connectivity index (χ1n) is 5.76. The highest BCUT2D eigenvalue weighted by molar-refractivity contribution is 8.00. The lowest BCUT2D eigenvalue weighted by atomic mass is 10.3. The largest absolute Gasteiger partial charge is 0.369 e. The molecule has 2 heterocycles. The average molecular weight is 266 g/mol. The molecule has 0 aliphatic heterocycles. The Hall–Kier alpha value is -0.880. The minimum atomic E-state index is 0.809. The van der Waals surface area contributed by atoms with Crippen molar-refractivity contribution in [2.24, 2.45) is 5.92 Å². The monoisotopic (exact) mass is 266 g/mol. The fourth-order valence-corrected chi connectivity index (χ4v) is 3.23. The molecule has 0 atom stereocenters. The number of rotatable bonds is 5. The average Bonchev–Trinajstić information content (AvgIpc) is 3.06. The van der Waals surface area contributed by atoms with E-state index in [4.69, 9.17) is 0 Å². The summed E-state index contributed by atoms with van der Waals surface area (Å²) < 4.78 is 2.12. The standard InChI is InChI=1S/C11H14N4S2/c1-16-11-15-10-8(17-11)9(13-6-14-10)12-5-4-7-2-3-7/h6-7H,2-5H2,1H3,(H,12,13,14). The third-order valence-corrected chi connectivity index (χ3v) is 4.92. The molecule has 0 amide bonds. The van der Waals surface area contributed by atoms with E-state index in [1.165, 1.54) is 19.3 Å². The smallest absolute Gasteiger partial charge is 0.176 e. The second-order valence-corrected chi connectivity index (χ2v) is 6.27. The highest BCUT2D eigenvalue weighted by atomic mass is 32.2. The summed E-state index contributed by atoms with van der Waals surface area (Å²) in [5, 5.41) is 3.41. The molecule has 0 bridgehead atoms. The molecular formula is C11H14N4S2. The predicted octanol–water partition coefficient (Wildman–Crippen LogP) is 3.02. The second kappa shape index (κ2) is 4.78. The van der Waals surface area contributed by atoms with Crippen molar-refractivity contribution in [1.82, 2.24) is 15.0 Å². The van der Waals surface area contributed by atoms with E-state index >= 15 is 0 Å². The van der Waals surface area contributed by atoms with Crippen LogP contribution in [-0.2, 0) is 0 Å². The Labute approximate surface area is 108 Å². The van der Waals surface area contributed by atoms with Gasteiger partial charge in [0, 0.05) is 6.54 Å². The molecule has 0 aromatic carbocycles. The number of hydrogen-bond acceptors (Lipinski definition) is 6. The molecule has 6 heteroatoms. The molecule has 1 N–H and O–H groups in total. The third-order valence-electron chi connectivity index (χ3n) is 2.89. The van der Waals surface area contributed by atoms with Gasteiger partial charge in [-0.2, -0.15) is 0 Å². The number of nitrogens with one attached hydrogen (secondary N) is 1. The summed E-state index contributed by atoms with van der Waals surface area (Å²) in [6.07, 6.45) is 7.67. The number of nitrogens with zero attached hydrogens (tertiary/aromatic N) is 3. The zero-order valence-corrected chi connectivity index (χ0v) is 11.3. The first kappa shape index (κ1) is 11.2. The number of aromatic nitrogens is 3. The van der Waals surface area contributed by atoms with Crippen molar-refractivity contribution >= 4 is 39.3 Å². The van der Waals surface area contributed by atoms with Crippen molar-refractivity contribution in [3.05, 3.63) is 6.33 Å². The maximum Gasteiger partial charge on any atom is 0.176 e. The maximum atomic E-state index is 4.44. The lowest BCUT2D eigenvalue weighted by molar-refractivity contribution is 0.759. The molecule has 0 radical (unpaired) electrons. The van der Waals surface area contributed by atoms with E-state index in [1.54, 1.807) is 29.4 Å². The van der Waals surface area contributed by atoms with Crippen LogP contribution in [0.2, 0.25) is 0 Å². The van der Waals surface area contributed by atoms with Crippen molar-refractivity contribution in [1.29, 1.82) is 0 Å². The zero-order chi connectivity index (χ0) is 11.7. The highest BCUT2D eigenvalue weighted by Gasteiger charge is 2.20. The second-order valence-electron chi connectivity index (χ2n) is 4.22. The number of fused-ring (bicyclic) bond motifs is 1. The van der Waals surface area contributed by atoms with E-state index in [1.807, 2.05) is 6.26 Å². The van der Waals surface area contributed by atoms with E-state index in [-0.39, 0.29) is 0 Å². The Morgan fingerprint density at radius 1 is 1.47 bits per heavy atom. The molecule has 4 nitrogen and oxygen atoms in total. The van der Waals surface area contributed by atoms with Gasteiger partial charge in [-0.3, -0.25) is 0 Å². The van der Waals surface area contributed by atoms with Crippen LogP contribution in [0.5, 0.6) is 0 Å². The van der Waals surface area contributed by atoms with Crippen molar-refractivity contribution in [3.63, 3.8) is 0 Å². The Kier molecular flexibility index (Phi) is 3.15. The normalized spacial score (nSPS) is 15.4. The quantitative estimate of drug-likeness (QED) is 0.843. The summed E-state index contributed by atoms with van der Waals surface area (Å²) in [7, 11) is 0. The van der Waals surface area contributed by atoms with E-state index in [9.17, 15) is 0 Å². The number of hydrogen-bond donors (Lipinski definition) is 1.